The highest BCUT2D eigenvalue weighted by Crippen LogP contribution is 2.53. The molecule has 4 N–H and O–H groups in total. The number of aliphatic hydroxyl groups is 3. The molecule has 0 aromatic carbocycles. The number of carbonyl (C=O) groups excluding carboxylic acids is 1. The minimum absolute atomic E-state index is 0.00538. The molecule has 7 aliphatic rings. The van der Waals surface area contributed by atoms with Crippen LogP contribution in [0.1, 0.15) is 192 Å². The fourth-order valence-corrected chi connectivity index (χ4v) is 16.7. The van der Waals surface area contributed by atoms with Crippen molar-refractivity contribution in [3.63, 3.8) is 0 Å². The van der Waals surface area contributed by atoms with Gasteiger partial charge < -0.3 is 76.6 Å². The molecule has 0 radical (unpaired) electrons. The predicted octanol–water partition coefficient (Wildman–Crippen LogP) is 12.3. The Balaban J connectivity index is 0.995. The Bertz CT molecular complexity index is 2360. The summed E-state index contributed by atoms with van der Waals surface area (Å²) in [5.74, 6) is -5.99. The van der Waals surface area contributed by atoms with Crippen LogP contribution in [-0.2, 0) is 65.8 Å². The van der Waals surface area contributed by atoms with Crippen LogP contribution in [0.4, 0.5) is 0 Å². The van der Waals surface area contributed by atoms with Gasteiger partial charge in [0.2, 0.25) is 5.79 Å². The summed E-state index contributed by atoms with van der Waals surface area (Å²) in [6, 6.07) is 0. The highest BCUT2D eigenvalue weighted by atomic mass is 35.5. The van der Waals surface area contributed by atoms with E-state index >= 15 is 0 Å². The maximum atomic E-state index is 12.3. The van der Waals surface area contributed by atoms with Crippen LogP contribution in [0, 0.1) is 17.8 Å². The Hall–Kier alpha value is -1.68. The van der Waals surface area contributed by atoms with Crippen LogP contribution in [0.5, 0.6) is 0 Å². The number of ether oxygens (including phenoxy) is 10. The smallest absolute Gasteiger partial charge is 0.338 e. The van der Waals surface area contributed by atoms with E-state index in [-0.39, 0.29) is 71.2 Å². The van der Waals surface area contributed by atoms with E-state index in [4.69, 9.17) is 67.8 Å². The number of alkyl halides is 1. The Morgan fingerprint density at radius 3 is 2.05 bits per heavy atom. The second kappa shape index (κ2) is 30.0. The van der Waals surface area contributed by atoms with Gasteiger partial charge in [0.15, 0.2) is 40.1 Å². The molecule has 6 fully saturated rings. The molecular formula is C67H115ClO18Si2. The lowest BCUT2D eigenvalue weighted by molar-refractivity contribution is -0.413. The SMILES string of the molecule is CO[C@H]1CC[C@]2(C=C[C@H](C)[C@@H](C[C@H](C[C@@H](C[C@@H]3CCC[C@H](CC(=O)O)O3)O[Si](C)(C)C(C)(C)C)O[Si](C)(C)C(C)(C)C)O2)O[C@@H]1[C@@H](O)[C@@H](O)[C@@H](C)CC[C@H]1O[C@@]2(CC[C@H](C)[C@@]3(C[C@H](O)[C@H](C/C=C/C/C=C\C[C@H]4OC(C)(C)OC4=O)O3)O2)C[C@@H](OC)[C@@H]1Cl. The van der Waals surface area contributed by atoms with E-state index in [2.05, 4.69) is 87.7 Å². The second-order valence-electron chi connectivity index (χ2n) is 30.6. The Labute approximate surface area is 534 Å². The number of rotatable bonds is 26. The third-order valence-electron chi connectivity index (χ3n) is 21.1. The van der Waals surface area contributed by atoms with E-state index in [9.17, 15) is 30.0 Å². The number of aliphatic hydroxyl groups excluding tert-OH is 3. The molecule has 18 nitrogen and oxygen atoms in total. The molecule has 0 saturated carbocycles. The summed E-state index contributed by atoms with van der Waals surface area (Å²) < 4.78 is 79.1. The van der Waals surface area contributed by atoms with Crippen molar-refractivity contribution < 1.29 is 86.2 Å². The largest absolute Gasteiger partial charge is 0.481 e. The monoisotopic (exact) mass is 1300 g/mol. The highest BCUT2D eigenvalue weighted by Gasteiger charge is 2.61. The molecule has 0 aliphatic carbocycles. The van der Waals surface area contributed by atoms with Gasteiger partial charge >= 0.3 is 11.9 Å². The molecule has 7 rings (SSSR count). The molecule has 7 heterocycles. The Morgan fingerprint density at radius 1 is 0.795 bits per heavy atom. The van der Waals surface area contributed by atoms with Gasteiger partial charge in [-0.05, 0) is 125 Å². The average molecular weight is 1300 g/mol. The number of halogens is 1. The van der Waals surface area contributed by atoms with Crippen LogP contribution in [-0.4, -0.2) is 177 Å². The van der Waals surface area contributed by atoms with Gasteiger partial charge in [-0.25, -0.2) is 4.79 Å². The van der Waals surface area contributed by atoms with Gasteiger partial charge in [-0.3, -0.25) is 4.79 Å². The fourth-order valence-electron chi connectivity index (χ4n) is 13.6. The molecule has 506 valence electrons. The summed E-state index contributed by atoms with van der Waals surface area (Å²) in [5.41, 5.74) is 0. The molecule has 0 aromatic heterocycles. The molecule has 21 atom stereocenters. The van der Waals surface area contributed by atoms with Crippen molar-refractivity contribution in [2.24, 2.45) is 17.8 Å². The van der Waals surface area contributed by atoms with Gasteiger partial charge in [0.05, 0.1) is 66.7 Å². The standard InChI is InChI=1S/C67H115ClO18Si2/c1-42-30-33-65(80-54(42)38-48(85-88(16,17)63(7,8)9)37-47(84-87(14,15)62(4,5)6)36-45-24-23-25-46(77-45)39-56(70)71)35-32-52(75-12)60(82-65)59(73)58(72)43(2)28-29-51-57(68)55(76-13)41-66(79-51)34-31-44(3)67(86-66)40-49(69)50(81-67)26-21-19-18-20-22-27-53-61(74)83-64(10,11)78-53/h19-22,30,33,42-55,57-60,69,72-73H,18,23-29,31-32,34-41H2,1-17H3,(H,70,71)/b21-19+,22-20-/t42-,43-,44-,45-,46+,47+,48-,49-,50-,51+,52-,53+,54+,55+,57+,58-,59-,60-,65-,66+,67+/m0/s1. The Kier molecular flexibility index (Phi) is 25.1. The third kappa shape index (κ3) is 18.6. The zero-order valence-corrected chi connectivity index (χ0v) is 59.2. The average Bonchev–Trinajstić information content (AvgIpc) is 1.37. The summed E-state index contributed by atoms with van der Waals surface area (Å²) in [7, 11) is -1.44. The zero-order valence-electron chi connectivity index (χ0n) is 56.5. The van der Waals surface area contributed by atoms with E-state index in [0.29, 0.717) is 77.0 Å². The summed E-state index contributed by atoms with van der Waals surface area (Å²) >= 11 is 7.21. The minimum Gasteiger partial charge on any atom is -0.481 e. The van der Waals surface area contributed by atoms with Crippen LogP contribution in [0.15, 0.2) is 36.5 Å². The molecule has 21 heteroatoms. The summed E-state index contributed by atoms with van der Waals surface area (Å²) in [6.07, 6.45) is 13.5. The van der Waals surface area contributed by atoms with Crippen molar-refractivity contribution in [2.45, 2.75) is 342 Å². The molecule has 3 spiro atoms. The van der Waals surface area contributed by atoms with E-state index in [0.717, 1.165) is 25.7 Å². The lowest BCUT2D eigenvalue weighted by atomic mass is 9.82. The fraction of sp³-hybridized carbons (Fsp3) is 0.881. The predicted molar refractivity (Wildman–Crippen MR) is 342 cm³/mol. The number of cyclic esters (lactones) is 1. The first-order valence-corrected chi connectivity index (χ1v) is 39.5. The molecule has 0 unspecified atom stereocenters. The summed E-state index contributed by atoms with van der Waals surface area (Å²) in [5, 5.41) is 44.9. The summed E-state index contributed by atoms with van der Waals surface area (Å²) in [4.78, 5) is 23.9. The van der Waals surface area contributed by atoms with Crippen molar-refractivity contribution in [3.05, 3.63) is 36.5 Å². The van der Waals surface area contributed by atoms with Gasteiger partial charge in [-0.1, -0.05) is 92.7 Å². The van der Waals surface area contributed by atoms with Gasteiger partial charge in [0, 0.05) is 84.2 Å². The number of carboxylic acid groups (broad SMARTS) is 1. The number of esters is 1. The molecule has 0 bridgehead atoms. The molecule has 0 aromatic rings. The minimum atomic E-state index is -2.37. The molecule has 7 aliphatic heterocycles. The van der Waals surface area contributed by atoms with Gasteiger partial charge in [0.25, 0.3) is 0 Å². The first-order valence-electron chi connectivity index (χ1n) is 33.2. The van der Waals surface area contributed by atoms with Crippen molar-refractivity contribution in [1.82, 2.24) is 0 Å². The molecule has 88 heavy (non-hydrogen) atoms. The van der Waals surface area contributed by atoms with Crippen LogP contribution < -0.4 is 0 Å². The Morgan fingerprint density at radius 2 is 1.43 bits per heavy atom. The number of aliphatic carboxylic acids is 1. The van der Waals surface area contributed by atoms with Crippen LogP contribution in [0.25, 0.3) is 0 Å². The normalized spacial score (nSPS) is 37.6. The highest BCUT2D eigenvalue weighted by molar-refractivity contribution is 6.74. The number of hydrogen-bond acceptors (Lipinski definition) is 17. The number of carbonyl (C=O) groups is 2. The summed E-state index contributed by atoms with van der Waals surface area (Å²) in [6.45, 7) is 32.2. The van der Waals surface area contributed by atoms with Crippen LogP contribution in [0.2, 0.25) is 36.3 Å². The van der Waals surface area contributed by atoms with E-state index < -0.39 is 112 Å². The van der Waals surface area contributed by atoms with Crippen LogP contribution >= 0.6 is 11.6 Å². The molecular weight excluding hydrogens is 1180 g/mol. The first-order chi connectivity index (χ1) is 40.9. The maximum absolute atomic E-state index is 12.3. The van der Waals surface area contributed by atoms with Crippen molar-refractivity contribution >= 4 is 40.2 Å². The van der Waals surface area contributed by atoms with E-state index in [1.807, 2.05) is 37.3 Å². The number of allylic oxidation sites excluding steroid dienone is 2. The third-order valence-corrected chi connectivity index (χ3v) is 30.7. The van der Waals surface area contributed by atoms with Crippen molar-refractivity contribution in [1.29, 1.82) is 0 Å². The van der Waals surface area contributed by atoms with E-state index in [1.54, 1.807) is 28.1 Å². The lowest BCUT2D eigenvalue weighted by Gasteiger charge is -2.54. The van der Waals surface area contributed by atoms with Crippen LogP contribution in [0.3, 0.4) is 0 Å². The van der Waals surface area contributed by atoms with Gasteiger partial charge in [-0.15, -0.1) is 11.6 Å². The first kappa shape index (κ1) is 73.7. The lowest BCUT2D eigenvalue weighted by Crippen LogP contribution is -2.61. The molecule has 0 amide bonds. The number of methoxy groups -OCH3 is 2. The quantitative estimate of drug-likeness (QED) is 0.0273. The van der Waals surface area contributed by atoms with Gasteiger partial charge in [0.1, 0.15) is 12.2 Å². The number of hydrogen-bond donors (Lipinski definition) is 4. The van der Waals surface area contributed by atoms with Gasteiger partial charge in [-0.2, -0.15) is 0 Å². The van der Waals surface area contributed by atoms with Crippen molar-refractivity contribution in [3.8, 4) is 0 Å². The molecule has 6 saturated heterocycles. The maximum Gasteiger partial charge on any atom is 0.338 e. The van der Waals surface area contributed by atoms with Crippen molar-refractivity contribution in [2.75, 3.05) is 14.2 Å². The topological polar surface area (TPSA) is 226 Å². The zero-order chi connectivity index (χ0) is 65.0. The van der Waals surface area contributed by atoms with E-state index in [1.165, 1.54) is 0 Å². The second-order valence-corrected chi connectivity index (χ2v) is 40.6. The number of carboxylic acids is 1.